The number of carbonyl (C=O) groups excluding carboxylic acids is 1. The predicted octanol–water partition coefficient (Wildman–Crippen LogP) is 4.41. The van der Waals surface area contributed by atoms with E-state index in [1.54, 1.807) is 19.2 Å². The minimum absolute atomic E-state index is 0.128. The fourth-order valence-corrected chi connectivity index (χ4v) is 3.23. The molecule has 0 unspecified atom stereocenters. The number of amides is 1. The van der Waals surface area contributed by atoms with Crippen LogP contribution in [-0.4, -0.2) is 29.8 Å². The van der Waals surface area contributed by atoms with Gasteiger partial charge in [-0.05, 0) is 48.5 Å². The van der Waals surface area contributed by atoms with Gasteiger partial charge >= 0.3 is 0 Å². The lowest BCUT2D eigenvalue weighted by Gasteiger charge is -2.12. The molecule has 0 fully saturated rings. The van der Waals surface area contributed by atoms with E-state index in [1.807, 2.05) is 60.7 Å². The third kappa shape index (κ3) is 4.31. The van der Waals surface area contributed by atoms with Crippen molar-refractivity contribution in [2.45, 2.75) is 0 Å². The Hall–Kier alpha value is -4.37. The van der Waals surface area contributed by atoms with Crippen molar-refractivity contribution in [3.05, 3.63) is 78.4 Å². The van der Waals surface area contributed by atoms with E-state index in [4.69, 9.17) is 11.2 Å². The van der Waals surface area contributed by atoms with Gasteiger partial charge < -0.3 is 15.4 Å². The second kappa shape index (κ2) is 8.97. The van der Waals surface area contributed by atoms with E-state index in [9.17, 15) is 4.79 Å². The molecule has 6 nitrogen and oxygen atoms in total. The smallest absolute Gasteiger partial charge is 0.251 e. The first-order valence-corrected chi connectivity index (χ1v) is 9.71. The van der Waals surface area contributed by atoms with E-state index in [2.05, 4.69) is 26.8 Å². The van der Waals surface area contributed by atoms with Crippen LogP contribution in [0.1, 0.15) is 10.4 Å². The molecule has 4 rings (SSSR count). The van der Waals surface area contributed by atoms with Crippen LogP contribution in [0.25, 0.3) is 22.0 Å². The lowest BCUT2D eigenvalue weighted by Crippen LogP contribution is -2.17. The number of hydrogen-bond donors (Lipinski definition) is 2. The number of aromatic nitrogens is 2. The van der Waals surface area contributed by atoms with Crippen molar-refractivity contribution in [3.63, 3.8) is 0 Å². The maximum Gasteiger partial charge on any atom is 0.251 e. The number of nitrogens with zero attached hydrogens (tertiary/aromatic N) is 2. The van der Waals surface area contributed by atoms with Crippen LogP contribution < -0.4 is 15.4 Å². The topological polar surface area (TPSA) is 76.1 Å². The SMILES string of the molecule is C#CCOc1ccc(-c2nnc(Nc3ccc(C(=O)NC)cc3)c3ccccc23)cc1. The predicted molar refractivity (Wildman–Crippen MR) is 122 cm³/mol. The second-order valence-electron chi connectivity index (χ2n) is 6.74. The lowest BCUT2D eigenvalue weighted by molar-refractivity contribution is 0.0963. The number of rotatable bonds is 6. The number of fused-ring (bicyclic) bond motifs is 1. The molecular weight excluding hydrogens is 388 g/mol. The van der Waals surface area contributed by atoms with Gasteiger partial charge in [0, 0.05) is 34.6 Å². The van der Waals surface area contributed by atoms with Gasteiger partial charge in [-0.3, -0.25) is 4.79 Å². The highest BCUT2D eigenvalue weighted by molar-refractivity contribution is 6.01. The summed E-state index contributed by atoms with van der Waals surface area (Å²) in [5, 5.41) is 16.7. The maximum absolute atomic E-state index is 11.7. The van der Waals surface area contributed by atoms with Crippen LogP contribution in [0.3, 0.4) is 0 Å². The zero-order valence-corrected chi connectivity index (χ0v) is 16.9. The van der Waals surface area contributed by atoms with Gasteiger partial charge in [0.25, 0.3) is 5.91 Å². The van der Waals surface area contributed by atoms with Crippen LogP contribution in [0.4, 0.5) is 11.5 Å². The van der Waals surface area contributed by atoms with Crippen molar-refractivity contribution >= 4 is 28.2 Å². The quantitative estimate of drug-likeness (QED) is 0.462. The Labute approximate surface area is 180 Å². The van der Waals surface area contributed by atoms with Gasteiger partial charge in [-0.1, -0.05) is 30.2 Å². The number of ether oxygens (including phenoxy) is 1. The van der Waals surface area contributed by atoms with Crippen LogP contribution >= 0.6 is 0 Å². The van der Waals surface area contributed by atoms with Crippen LogP contribution in [0.5, 0.6) is 5.75 Å². The van der Waals surface area contributed by atoms with Gasteiger partial charge in [0.2, 0.25) is 0 Å². The fraction of sp³-hybridized carbons (Fsp3) is 0.0800. The van der Waals surface area contributed by atoms with Crippen LogP contribution in [0, 0.1) is 12.3 Å². The molecule has 3 aromatic carbocycles. The fourth-order valence-electron chi connectivity index (χ4n) is 3.23. The maximum atomic E-state index is 11.7. The van der Waals surface area contributed by atoms with E-state index in [1.165, 1.54) is 0 Å². The van der Waals surface area contributed by atoms with E-state index in [0.717, 1.165) is 27.7 Å². The van der Waals surface area contributed by atoms with E-state index in [-0.39, 0.29) is 12.5 Å². The highest BCUT2D eigenvalue weighted by Crippen LogP contribution is 2.31. The highest BCUT2D eigenvalue weighted by Gasteiger charge is 2.12. The Morgan fingerprint density at radius 2 is 1.68 bits per heavy atom. The number of terminal acetylenes is 1. The number of nitrogens with one attached hydrogen (secondary N) is 2. The third-order valence-corrected chi connectivity index (χ3v) is 4.77. The van der Waals surface area contributed by atoms with Crippen molar-refractivity contribution in [3.8, 4) is 29.4 Å². The number of benzene rings is 3. The van der Waals surface area contributed by atoms with E-state index >= 15 is 0 Å². The van der Waals surface area contributed by atoms with E-state index < -0.39 is 0 Å². The number of hydrogen-bond acceptors (Lipinski definition) is 5. The Morgan fingerprint density at radius 3 is 2.35 bits per heavy atom. The summed E-state index contributed by atoms with van der Waals surface area (Å²) in [6.45, 7) is 0.229. The first kappa shape index (κ1) is 19.9. The summed E-state index contributed by atoms with van der Waals surface area (Å²) in [6.07, 6.45) is 5.24. The summed E-state index contributed by atoms with van der Waals surface area (Å²) in [4.78, 5) is 11.7. The molecule has 1 heterocycles. The van der Waals surface area contributed by atoms with Crippen molar-refractivity contribution < 1.29 is 9.53 Å². The highest BCUT2D eigenvalue weighted by atomic mass is 16.5. The van der Waals surface area contributed by atoms with Crippen LogP contribution in [-0.2, 0) is 0 Å². The Morgan fingerprint density at radius 1 is 0.968 bits per heavy atom. The Kier molecular flexibility index (Phi) is 5.77. The standard InChI is InChI=1S/C25H20N4O2/c1-3-16-31-20-14-10-17(11-15-20)23-21-6-4-5-7-22(21)24(29-28-23)27-19-12-8-18(9-13-19)25(30)26-2/h1,4-15H,16H2,2H3,(H,26,30)(H,27,29). The average Bonchev–Trinajstić information content (AvgIpc) is 2.83. The molecule has 4 aromatic rings. The molecule has 0 radical (unpaired) electrons. The molecule has 152 valence electrons. The molecule has 1 amide bonds. The monoisotopic (exact) mass is 408 g/mol. The molecule has 0 saturated heterocycles. The zero-order valence-electron chi connectivity index (χ0n) is 16.9. The zero-order chi connectivity index (χ0) is 21.6. The molecule has 0 bridgehead atoms. The summed E-state index contributed by atoms with van der Waals surface area (Å²) < 4.78 is 5.44. The summed E-state index contributed by atoms with van der Waals surface area (Å²) in [5.74, 6) is 3.67. The van der Waals surface area contributed by atoms with Gasteiger partial charge in [0.1, 0.15) is 18.1 Å². The van der Waals surface area contributed by atoms with Gasteiger partial charge in [0.15, 0.2) is 5.82 Å². The molecule has 0 saturated carbocycles. The van der Waals surface area contributed by atoms with Crippen LogP contribution in [0.15, 0.2) is 72.8 Å². The molecule has 0 aliphatic carbocycles. The Balaban J connectivity index is 1.65. The van der Waals surface area contributed by atoms with E-state index in [0.29, 0.717) is 17.1 Å². The molecule has 0 aliphatic rings. The molecule has 0 spiro atoms. The summed E-state index contributed by atoms with van der Waals surface area (Å²) >= 11 is 0. The van der Waals surface area contributed by atoms with Gasteiger partial charge in [-0.15, -0.1) is 16.6 Å². The molecule has 0 aliphatic heterocycles. The van der Waals surface area contributed by atoms with Gasteiger partial charge in [-0.2, -0.15) is 0 Å². The van der Waals surface area contributed by atoms with Crippen molar-refractivity contribution in [2.24, 2.45) is 0 Å². The van der Waals surface area contributed by atoms with Crippen molar-refractivity contribution in [1.82, 2.24) is 15.5 Å². The molecule has 6 heteroatoms. The summed E-state index contributed by atoms with van der Waals surface area (Å²) in [7, 11) is 1.61. The summed E-state index contributed by atoms with van der Waals surface area (Å²) in [5.41, 5.74) is 3.11. The van der Waals surface area contributed by atoms with Gasteiger partial charge in [0.05, 0.1) is 0 Å². The number of carbonyl (C=O) groups is 1. The molecule has 1 aromatic heterocycles. The molecule has 0 atom stereocenters. The minimum atomic E-state index is -0.128. The molecule has 2 N–H and O–H groups in total. The second-order valence-corrected chi connectivity index (χ2v) is 6.74. The first-order chi connectivity index (χ1) is 15.2. The molecule has 31 heavy (non-hydrogen) atoms. The van der Waals surface area contributed by atoms with Crippen molar-refractivity contribution in [1.29, 1.82) is 0 Å². The lowest BCUT2D eigenvalue weighted by atomic mass is 10.0. The minimum Gasteiger partial charge on any atom is -0.481 e. The first-order valence-electron chi connectivity index (χ1n) is 9.71. The van der Waals surface area contributed by atoms with Gasteiger partial charge in [-0.25, -0.2) is 0 Å². The average molecular weight is 408 g/mol. The Bertz CT molecular complexity index is 1260. The van der Waals surface area contributed by atoms with Crippen LogP contribution in [0.2, 0.25) is 0 Å². The molecular formula is C25H20N4O2. The summed E-state index contributed by atoms with van der Waals surface area (Å²) in [6, 6.07) is 22.7. The number of anilines is 2. The largest absolute Gasteiger partial charge is 0.481 e. The third-order valence-electron chi connectivity index (χ3n) is 4.77. The van der Waals surface area contributed by atoms with Crippen molar-refractivity contribution in [2.75, 3.05) is 19.0 Å². The normalized spacial score (nSPS) is 10.3.